The Morgan fingerprint density at radius 1 is 1.15 bits per heavy atom. The molecule has 1 aromatic heterocycles. The fraction of sp³-hybridized carbons (Fsp3) is 0.286. The van der Waals surface area contributed by atoms with Crippen LogP contribution < -0.4 is 10.1 Å². The highest BCUT2D eigenvalue weighted by Gasteiger charge is 2.27. The minimum Gasteiger partial charge on any atom is -0.493 e. The molecule has 1 N–H and O–H groups in total. The average Bonchev–Trinajstić information content (AvgIpc) is 2.73. The third-order valence-electron chi connectivity index (χ3n) is 4.63. The lowest BCUT2D eigenvalue weighted by Crippen LogP contribution is -2.40. The number of amides is 2. The molecular formula is C21H23N3O3. The minimum absolute atomic E-state index is 0.0240. The molecule has 2 amide bonds. The predicted octanol–water partition coefficient (Wildman–Crippen LogP) is 2.98. The highest BCUT2D eigenvalue weighted by molar-refractivity contribution is 5.94. The van der Waals surface area contributed by atoms with Gasteiger partial charge in [0, 0.05) is 31.3 Å². The third kappa shape index (κ3) is 4.94. The molecule has 0 atom stereocenters. The molecule has 6 heteroatoms. The lowest BCUT2D eigenvalue weighted by atomic mass is 9.96. The van der Waals surface area contributed by atoms with E-state index in [2.05, 4.69) is 10.3 Å². The van der Waals surface area contributed by atoms with Gasteiger partial charge in [-0.15, -0.1) is 0 Å². The van der Waals surface area contributed by atoms with Crippen molar-refractivity contribution in [2.24, 2.45) is 5.92 Å². The molecule has 0 spiro atoms. The smallest absolute Gasteiger partial charge is 0.246 e. The zero-order valence-electron chi connectivity index (χ0n) is 15.3. The number of nitrogens with zero attached hydrogens (tertiary/aromatic N) is 2. The number of rotatable bonds is 5. The second-order valence-corrected chi connectivity index (χ2v) is 6.39. The van der Waals surface area contributed by atoms with Gasteiger partial charge in [0.15, 0.2) is 11.6 Å². The van der Waals surface area contributed by atoms with Crippen LogP contribution in [-0.4, -0.2) is 41.9 Å². The molecule has 6 nitrogen and oxygen atoms in total. The Morgan fingerprint density at radius 2 is 1.89 bits per heavy atom. The lowest BCUT2D eigenvalue weighted by molar-refractivity contribution is -0.130. The number of hydrogen-bond donors (Lipinski definition) is 1. The Morgan fingerprint density at radius 3 is 2.59 bits per heavy atom. The Kier molecular flexibility index (Phi) is 6.20. The Balaban J connectivity index is 1.51. The summed E-state index contributed by atoms with van der Waals surface area (Å²) in [5.74, 6) is 0.709. The van der Waals surface area contributed by atoms with E-state index in [0.29, 0.717) is 37.5 Å². The van der Waals surface area contributed by atoms with Crippen molar-refractivity contribution in [3.8, 4) is 5.75 Å². The van der Waals surface area contributed by atoms with Gasteiger partial charge in [0.1, 0.15) is 0 Å². The van der Waals surface area contributed by atoms with Crippen LogP contribution in [0.4, 0.5) is 5.82 Å². The van der Waals surface area contributed by atoms with E-state index >= 15 is 0 Å². The van der Waals surface area contributed by atoms with Gasteiger partial charge in [-0.3, -0.25) is 9.59 Å². The molecule has 0 aliphatic carbocycles. The number of benzene rings is 1. The monoisotopic (exact) mass is 365 g/mol. The summed E-state index contributed by atoms with van der Waals surface area (Å²) in [6, 6.07) is 13.2. The van der Waals surface area contributed by atoms with Crippen molar-refractivity contribution in [3.63, 3.8) is 0 Å². The zero-order valence-corrected chi connectivity index (χ0v) is 15.3. The maximum atomic E-state index is 12.5. The van der Waals surface area contributed by atoms with Crippen molar-refractivity contribution in [2.45, 2.75) is 12.8 Å². The molecule has 1 aliphatic heterocycles. The van der Waals surface area contributed by atoms with E-state index in [4.69, 9.17) is 4.74 Å². The van der Waals surface area contributed by atoms with Gasteiger partial charge in [0.05, 0.1) is 7.11 Å². The van der Waals surface area contributed by atoms with Crippen LogP contribution in [0, 0.1) is 5.92 Å². The van der Waals surface area contributed by atoms with Gasteiger partial charge < -0.3 is 15.0 Å². The number of ether oxygens (including phenoxy) is 1. The maximum Gasteiger partial charge on any atom is 0.246 e. The van der Waals surface area contributed by atoms with E-state index in [9.17, 15) is 9.59 Å². The molecule has 140 valence electrons. The van der Waals surface area contributed by atoms with Gasteiger partial charge in [-0.2, -0.15) is 0 Å². The minimum atomic E-state index is -0.140. The second kappa shape index (κ2) is 8.98. The first kappa shape index (κ1) is 18.6. The highest BCUT2D eigenvalue weighted by Crippen LogP contribution is 2.24. The fourth-order valence-electron chi connectivity index (χ4n) is 3.07. The molecule has 1 aliphatic rings. The van der Waals surface area contributed by atoms with E-state index in [1.807, 2.05) is 36.4 Å². The van der Waals surface area contributed by atoms with Gasteiger partial charge in [-0.05, 0) is 36.6 Å². The fourth-order valence-corrected chi connectivity index (χ4v) is 3.07. The number of anilines is 1. The van der Waals surface area contributed by atoms with Crippen LogP contribution >= 0.6 is 0 Å². The van der Waals surface area contributed by atoms with Crippen molar-refractivity contribution >= 4 is 23.7 Å². The SMILES string of the molecule is COc1cccnc1NC(=O)C1CCN(C(=O)/C=C/c2ccccc2)CC1. The van der Waals surface area contributed by atoms with Gasteiger partial charge >= 0.3 is 0 Å². The number of carbonyl (C=O) groups excluding carboxylic acids is 2. The standard InChI is InChI=1S/C21H23N3O3/c1-27-18-8-5-13-22-20(18)23-21(26)17-11-14-24(15-12-17)19(25)10-9-16-6-3-2-4-7-16/h2-10,13,17H,11-12,14-15H2,1H3,(H,22,23,26)/b10-9+. The Hall–Kier alpha value is -3.15. The first-order valence-corrected chi connectivity index (χ1v) is 8.99. The summed E-state index contributed by atoms with van der Waals surface area (Å²) in [4.78, 5) is 30.8. The summed E-state index contributed by atoms with van der Waals surface area (Å²) in [6.45, 7) is 1.13. The van der Waals surface area contributed by atoms with E-state index in [0.717, 1.165) is 5.56 Å². The molecule has 0 saturated carbocycles. The van der Waals surface area contributed by atoms with Gasteiger partial charge in [-0.25, -0.2) is 4.98 Å². The zero-order chi connectivity index (χ0) is 19.1. The summed E-state index contributed by atoms with van der Waals surface area (Å²) in [5.41, 5.74) is 0.990. The summed E-state index contributed by atoms with van der Waals surface area (Å²) in [7, 11) is 1.54. The molecule has 2 aromatic rings. The van der Waals surface area contributed by atoms with E-state index in [-0.39, 0.29) is 17.7 Å². The molecule has 0 bridgehead atoms. The number of piperidine rings is 1. The number of nitrogens with one attached hydrogen (secondary N) is 1. The van der Waals surface area contributed by atoms with Crippen molar-refractivity contribution in [3.05, 3.63) is 60.3 Å². The van der Waals surface area contributed by atoms with Crippen LogP contribution in [0.15, 0.2) is 54.7 Å². The number of methoxy groups -OCH3 is 1. The summed E-state index contributed by atoms with van der Waals surface area (Å²) in [5, 5.41) is 2.83. The molecule has 0 unspecified atom stereocenters. The largest absolute Gasteiger partial charge is 0.493 e. The number of carbonyl (C=O) groups is 2. The number of hydrogen-bond acceptors (Lipinski definition) is 4. The van der Waals surface area contributed by atoms with E-state index in [1.54, 1.807) is 36.4 Å². The van der Waals surface area contributed by atoms with Gasteiger partial charge in [0.2, 0.25) is 11.8 Å². The first-order valence-electron chi connectivity index (χ1n) is 8.99. The van der Waals surface area contributed by atoms with Crippen molar-refractivity contribution in [1.82, 2.24) is 9.88 Å². The normalized spacial score (nSPS) is 14.9. The van der Waals surface area contributed by atoms with Crippen molar-refractivity contribution in [1.29, 1.82) is 0 Å². The molecule has 0 radical (unpaired) electrons. The summed E-state index contributed by atoms with van der Waals surface area (Å²) < 4.78 is 5.21. The molecule has 3 rings (SSSR count). The number of likely N-dealkylation sites (tertiary alicyclic amines) is 1. The second-order valence-electron chi connectivity index (χ2n) is 6.39. The molecule has 1 fully saturated rings. The number of pyridine rings is 1. The van der Waals surface area contributed by atoms with Crippen LogP contribution in [0.5, 0.6) is 5.75 Å². The number of aromatic nitrogens is 1. The maximum absolute atomic E-state index is 12.5. The van der Waals surface area contributed by atoms with Crippen LogP contribution in [0.1, 0.15) is 18.4 Å². The van der Waals surface area contributed by atoms with Crippen LogP contribution in [0.25, 0.3) is 6.08 Å². The topological polar surface area (TPSA) is 71.5 Å². The quantitative estimate of drug-likeness (QED) is 0.827. The molecule has 2 heterocycles. The third-order valence-corrected chi connectivity index (χ3v) is 4.63. The van der Waals surface area contributed by atoms with Crippen LogP contribution in [-0.2, 0) is 9.59 Å². The molecule has 1 saturated heterocycles. The molecular weight excluding hydrogens is 342 g/mol. The molecule has 27 heavy (non-hydrogen) atoms. The van der Waals surface area contributed by atoms with E-state index in [1.165, 1.54) is 0 Å². The van der Waals surface area contributed by atoms with Crippen LogP contribution in [0.2, 0.25) is 0 Å². The summed E-state index contributed by atoms with van der Waals surface area (Å²) >= 11 is 0. The van der Waals surface area contributed by atoms with Crippen LogP contribution in [0.3, 0.4) is 0 Å². The van der Waals surface area contributed by atoms with Crippen molar-refractivity contribution < 1.29 is 14.3 Å². The summed E-state index contributed by atoms with van der Waals surface area (Å²) in [6.07, 6.45) is 6.28. The lowest BCUT2D eigenvalue weighted by Gasteiger charge is -2.30. The van der Waals surface area contributed by atoms with Crippen molar-refractivity contribution in [2.75, 3.05) is 25.5 Å². The molecule has 1 aromatic carbocycles. The van der Waals surface area contributed by atoms with Gasteiger partial charge in [-0.1, -0.05) is 30.3 Å². The Labute approximate surface area is 158 Å². The van der Waals surface area contributed by atoms with Gasteiger partial charge in [0.25, 0.3) is 0 Å². The average molecular weight is 365 g/mol. The first-order chi connectivity index (χ1) is 13.2. The highest BCUT2D eigenvalue weighted by atomic mass is 16.5. The predicted molar refractivity (Wildman–Crippen MR) is 104 cm³/mol. The van der Waals surface area contributed by atoms with E-state index < -0.39 is 0 Å². The Bertz CT molecular complexity index is 812.